The van der Waals surface area contributed by atoms with Gasteiger partial charge < -0.3 is 10.2 Å². The summed E-state index contributed by atoms with van der Waals surface area (Å²) >= 11 is 5.57. The number of halogens is 1. The van der Waals surface area contributed by atoms with Gasteiger partial charge in [0.25, 0.3) is 5.35 Å². The molecule has 2 N–H and O–H groups in total. The standard InChI is InChI=1S/C7H9ClN2O/c1-4-5(7(9)2-3-7)11-6(8)10-4/h2-3,9H2,1H3. The van der Waals surface area contributed by atoms with Crippen molar-refractivity contribution in [3.05, 3.63) is 16.8 Å². The molecule has 11 heavy (non-hydrogen) atoms. The smallest absolute Gasteiger partial charge is 0.292 e. The molecule has 0 aliphatic heterocycles. The van der Waals surface area contributed by atoms with E-state index in [-0.39, 0.29) is 10.9 Å². The average molecular weight is 173 g/mol. The lowest BCUT2D eigenvalue weighted by atomic mass is 10.2. The Balaban J connectivity index is 2.44. The van der Waals surface area contributed by atoms with E-state index in [0.29, 0.717) is 0 Å². The van der Waals surface area contributed by atoms with Crippen LogP contribution in [0.1, 0.15) is 24.3 Å². The van der Waals surface area contributed by atoms with Gasteiger partial charge in [-0.15, -0.1) is 0 Å². The highest BCUT2D eigenvalue weighted by Gasteiger charge is 2.45. The van der Waals surface area contributed by atoms with Crippen molar-refractivity contribution in [1.29, 1.82) is 0 Å². The Bertz CT molecular complexity index is 291. The lowest BCUT2D eigenvalue weighted by Crippen LogP contribution is -2.18. The van der Waals surface area contributed by atoms with Gasteiger partial charge in [0.1, 0.15) is 5.76 Å². The van der Waals surface area contributed by atoms with Crippen molar-refractivity contribution in [2.75, 3.05) is 0 Å². The van der Waals surface area contributed by atoms with Gasteiger partial charge in [-0.3, -0.25) is 0 Å². The maximum absolute atomic E-state index is 5.89. The first kappa shape index (κ1) is 7.13. The van der Waals surface area contributed by atoms with Gasteiger partial charge in [-0.1, -0.05) is 0 Å². The van der Waals surface area contributed by atoms with Crippen LogP contribution in [-0.2, 0) is 5.54 Å². The number of aromatic nitrogens is 1. The van der Waals surface area contributed by atoms with Gasteiger partial charge in [0.05, 0.1) is 11.2 Å². The summed E-state index contributed by atoms with van der Waals surface area (Å²) in [7, 11) is 0. The topological polar surface area (TPSA) is 52.0 Å². The second-order valence-electron chi connectivity index (χ2n) is 3.04. The van der Waals surface area contributed by atoms with E-state index in [0.717, 1.165) is 24.3 Å². The Morgan fingerprint density at radius 2 is 2.27 bits per heavy atom. The molecule has 1 saturated carbocycles. The average Bonchev–Trinajstić information content (AvgIpc) is 2.55. The van der Waals surface area contributed by atoms with Crippen molar-refractivity contribution < 1.29 is 4.42 Å². The van der Waals surface area contributed by atoms with E-state index < -0.39 is 0 Å². The zero-order valence-electron chi connectivity index (χ0n) is 6.22. The first-order valence-corrected chi connectivity index (χ1v) is 3.92. The van der Waals surface area contributed by atoms with E-state index in [9.17, 15) is 0 Å². The molecule has 0 unspecified atom stereocenters. The minimum atomic E-state index is -0.260. The van der Waals surface area contributed by atoms with Crippen molar-refractivity contribution in [3.8, 4) is 0 Å². The van der Waals surface area contributed by atoms with E-state index >= 15 is 0 Å². The molecule has 0 bridgehead atoms. The third-order valence-electron chi connectivity index (χ3n) is 2.01. The van der Waals surface area contributed by atoms with Crippen molar-refractivity contribution in [1.82, 2.24) is 4.98 Å². The van der Waals surface area contributed by atoms with Gasteiger partial charge in [0, 0.05) is 0 Å². The molecule has 0 radical (unpaired) electrons. The Morgan fingerprint density at radius 1 is 1.64 bits per heavy atom. The Hall–Kier alpha value is -0.540. The molecule has 4 heteroatoms. The van der Waals surface area contributed by atoms with E-state index in [1.54, 1.807) is 0 Å². The van der Waals surface area contributed by atoms with E-state index in [4.69, 9.17) is 21.8 Å². The predicted octanol–water partition coefficient (Wildman–Crippen LogP) is 1.58. The molecule has 1 heterocycles. The number of nitrogens with two attached hydrogens (primary N) is 1. The van der Waals surface area contributed by atoms with Crippen LogP contribution in [0.25, 0.3) is 0 Å². The lowest BCUT2D eigenvalue weighted by molar-refractivity contribution is 0.453. The molecular formula is C7H9ClN2O. The summed E-state index contributed by atoms with van der Waals surface area (Å²) in [6.07, 6.45) is 1.94. The molecule has 2 rings (SSSR count). The summed E-state index contributed by atoms with van der Waals surface area (Å²) < 4.78 is 5.17. The molecule has 0 saturated heterocycles. The molecular weight excluding hydrogens is 164 g/mol. The van der Waals surface area contributed by atoms with Crippen LogP contribution >= 0.6 is 11.6 Å². The minimum Gasteiger partial charge on any atom is -0.430 e. The van der Waals surface area contributed by atoms with Gasteiger partial charge in [-0.2, -0.15) is 0 Å². The zero-order chi connectivity index (χ0) is 8.06. The van der Waals surface area contributed by atoms with Gasteiger partial charge in [0.2, 0.25) is 0 Å². The van der Waals surface area contributed by atoms with Crippen LogP contribution < -0.4 is 5.73 Å². The molecule has 60 valence electrons. The second kappa shape index (κ2) is 1.99. The summed E-state index contributed by atoms with van der Waals surface area (Å²) in [5, 5.41) is 0.189. The fraction of sp³-hybridized carbons (Fsp3) is 0.571. The van der Waals surface area contributed by atoms with Gasteiger partial charge in [-0.25, -0.2) is 4.98 Å². The molecule has 1 aliphatic rings. The first-order valence-electron chi connectivity index (χ1n) is 3.54. The maximum Gasteiger partial charge on any atom is 0.292 e. The summed E-state index contributed by atoms with van der Waals surface area (Å²) in [4.78, 5) is 3.94. The van der Waals surface area contributed by atoms with Crippen molar-refractivity contribution >= 4 is 11.6 Å². The van der Waals surface area contributed by atoms with E-state index in [1.807, 2.05) is 6.92 Å². The fourth-order valence-corrected chi connectivity index (χ4v) is 1.39. The monoisotopic (exact) mass is 172 g/mol. The van der Waals surface area contributed by atoms with Crippen molar-refractivity contribution in [3.63, 3.8) is 0 Å². The second-order valence-corrected chi connectivity index (χ2v) is 3.36. The fourth-order valence-electron chi connectivity index (χ4n) is 1.19. The number of oxazole rings is 1. The van der Waals surface area contributed by atoms with Crippen LogP contribution in [0, 0.1) is 6.92 Å². The maximum atomic E-state index is 5.89. The van der Waals surface area contributed by atoms with Gasteiger partial charge >= 0.3 is 0 Å². The Kier molecular flexibility index (Phi) is 1.29. The Labute approximate surface area is 69.5 Å². The van der Waals surface area contributed by atoms with Crippen LogP contribution in [0.4, 0.5) is 0 Å². The molecule has 1 aliphatic carbocycles. The molecule has 1 aromatic heterocycles. The van der Waals surface area contributed by atoms with Crippen LogP contribution in [0.3, 0.4) is 0 Å². The van der Waals surface area contributed by atoms with Crippen LogP contribution in [0.15, 0.2) is 4.42 Å². The molecule has 0 spiro atoms. The largest absolute Gasteiger partial charge is 0.430 e. The zero-order valence-corrected chi connectivity index (χ0v) is 6.98. The lowest BCUT2D eigenvalue weighted by Gasteiger charge is -2.02. The number of hydrogen-bond donors (Lipinski definition) is 1. The molecule has 1 fully saturated rings. The van der Waals surface area contributed by atoms with Gasteiger partial charge in [-0.05, 0) is 31.4 Å². The number of aryl methyl sites for hydroxylation is 1. The molecule has 0 atom stereocenters. The first-order chi connectivity index (χ1) is 5.12. The van der Waals surface area contributed by atoms with Gasteiger partial charge in [0.15, 0.2) is 0 Å². The van der Waals surface area contributed by atoms with Crippen molar-refractivity contribution in [2.24, 2.45) is 5.73 Å². The number of nitrogens with zero attached hydrogens (tertiary/aromatic N) is 1. The molecule has 0 amide bonds. The third-order valence-corrected chi connectivity index (χ3v) is 2.17. The minimum absolute atomic E-state index is 0.189. The number of hydrogen-bond acceptors (Lipinski definition) is 3. The van der Waals surface area contributed by atoms with Crippen LogP contribution in [-0.4, -0.2) is 4.98 Å². The normalized spacial score (nSPS) is 20.3. The van der Waals surface area contributed by atoms with Crippen LogP contribution in [0.2, 0.25) is 5.35 Å². The van der Waals surface area contributed by atoms with Crippen LogP contribution in [0.5, 0.6) is 0 Å². The third kappa shape index (κ3) is 1.04. The molecule has 3 nitrogen and oxygen atoms in total. The van der Waals surface area contributed by atoms with E-state index in [2.05, 4.69) is 4.98 Å². The summed E-state index contributed by atoms with van der Waals surface area (Å²) in [6.45, 7) is 1.86. The predicted molar refractivity (Wildman–Crippen MR) is 41.3 cm³/mol. The quantitative estimate of drug-likeness (QED) is 0.700. The summed E-state index contributed by atoms with van der Waals surface area (Å²) in [6, 6.07) is 0. The summed E-state index contributed by atoms with van der Waals surface area (Å²) in [5.41, 5.74) is 6.44. The van der Waals surface area contributed by atoms with Crippen molar-refractivity contribution in [2.45, 2.75) is 25.3 Å². The highest BCUT2D eigenvalue weighted by Crippen LogP contribution is 2.44. The number of rotatable bonds is 1. The highest BCUT2D eigenvalue weighted by atomic mass is 35.5. The SMILES string of the molecule is Cc1nc(Cl)oc1C1(N)CC1. The highest BCUT2D eigenvalue weighted by molar-refractivity contribution is 6.27. The molecule has 0 aromatic carbocycles. The molecule has 1 aromatic rings. The van der Waals surface area contributed by atoms with E-state index in [1.165, 1.54) is 0 Å². The Morgan fingerprint density at radius 3 is 2.64 bits per heavy atom. The summed E-state index contributed by atoms with van der Waals surface area (Å²) in [5.74, 6) is 0.752.